The average Bonchev–Trinajstić information content (AvgIpc) is 3.10. The Morgan fingerprint density at radius 3 is 2.96 bits per heavy atom. The quantitative estimate of drug-likeness (QED) is 0.866. The molecule has 0 aliphatic carbocycles. The number of nitrogens with zero attached hydrogens (tertiary/aromatic N) is 1. The molecule has 1 unspecified atom stereocenters. The van der Waals surface area contributed by atoms with E-state index in [1.807, 2.05) is 40.6 Å². The van der Waals surface area contributed by atoms with Crippen molar-refractivity contribution in [2.75, 3.05) is 19.6 Å². The van der Waals surface area contributed by atoms with Gasteiger partial charge in [-0.3, -0.25) is 9.59 Å². The maximum Gasteiger partial charge on any atom is 0.264 e. The van der Waals surface area contributed by atoms with E-state index in [1.165, 1.54) is 11.3 Å². The number of ether oxygens (including phenoxy) is 1. The molecule has 24 heavy (non-hydrogen) atoms. The number of likely N-dealkylation sites (tertiary alicyclic amines) is 1. The number of fused-ring (bicyclic) bond motifs is 1. The fourth-order valence-corrected chi connectivity index (χ4v) is 4.10. The third-order valence-corrected chi connectivity index (χ3v) is 5.45. The minimum absolute atomic E-state index is 0.0385. The van der Waals surface area contributed by atoms with Gasteiger partial charge in [0.1, 0.15) is 11.4 Å². The number of carbonyl (C=O) groups excluding carboxylic acids is 2. The van der Waals surface area contributed by atoms with Crippen molar-refractivity contribution in [3.8, 4) is 5.75 Å². The Bertz CT molecular complexity index is 774. The number of hydrogen-bond acceptors (Lipinski definition) is 4. The zero-order valence-corrected chi connectivity index (χ0v) is 14.0. The van der Waals surface area contributed by atoms with Crippen LogP contribution in [0.2, 0.25) is 0 Å². The second-order valence-electron chi connectivity index (χ2n) is 6.27. The largest absolute Gasteiger partial charge is 0.483 e. The number of benzene rings is 1. The van der Waals surface area contributed by atoms with E-state index in [4.69, 9.17) is 4.74 Å². The molecule has 2 amide bonds. The minimum Gasteiger partial charge on any atom is -0.483 e. The summed E-state index contributed by atoms with van der Waals surface area (Å²) in [6.45, 7) is 1.62. The van der Waals surface area contributed by atoms with Crippen LogP contribution in [-0.4, -0.2) is 41.9 Å². The summed E-state index contributed by atoms with van der Waals surface area (Å²) in [4.78, 5) is 27.5. The van der Waals surface area contributed by atoms with Crippen LogP contribution < -0.4 is 10.1 Å². The maximum atomic E-state index is 12.7. The minimum atomic E-state index is -0.562. The Kier molecular flexibility index (Phi) is 3.76. The van der Waals surface area contributed by atoms with Crippen molar-refractivity contribution in [1.82, 2.24) is 10.2 Å². The summed E-state index contributed by atoms with van der Waals surface area (Å²) < 4.78 is 6.28. The van der Waals surface area contributed by atoms with E-state index in [0.29, 0.717) is 24.4 Å². The van der Waals surface area contributed by atoms with Crippen LogP contribution in [-0.2, 0) is 0 Å². The maximum absolute atomic E-state index is 12.7. The molecule has 0 radical (unpaired) electrons. The molecule has 4 rings (SSSR count). The van der Waals surface area contributed by atoms with E-state index in [9.17, 15) is 9.59 Å². The molecule has 1 N–H and O–H groups in total. The number of carbonyl (C=O) groups is 2. The lowest BCUT2D eigenvalue weighted by Crippen LogP contribution is -2.57. The summed E-state index contributed by atoms with van der Waals surface area (Å²) in [5, 5.41) is 4.86. The van der Waals surface area contributed by atoms with Crippen LogP contribution in [0.15, 0.2) is 41.8 Å². The highest BCUT2D eigenvalue weighted by molar-refractivity contribution is 7.12. The lowest BCUT2D eigenvalue weighted by molar-refractivity contribution is -0.000667. The third kappa shape index (κ3) is 2.67. The van der Waals surface area contributed by atoms with Gasteiger partial charge < -0.3 is 15.0 Å². The van der Waals surface area contributed by atoms with Crippen molar-refractivity contribution in [3.63, 3.8) is 0 Å². The Balaban J connectivity index is 1.61. The summed E-state index contributed by atoms with van der Waals surface area (Å²) in [7, 11) is 0. The van der Waals surface area contributed by atoms with Crippen molar-refractivity contribution in [2.24, 2.45) is 0 Å². The fourth-order valence-electron chi connectivity index (χ4n) is 3.40. The fraction of sp³-hybridized carbons (Fsp3) is 0.333. The average molecular weight is 342 g/mol. The highest BCUT2D eigenvalue weighted by Crippen LogP contribution is 2.32. The van der Waals surface area contributed by atoms with Crippen molar-refractivity contribution in [3.05, 3.63) is 52.2 Å². The highest BCUT2D eigenvalue weighted by Gasteiger charge is 2.42. The number of rotatable bonds is 1. The monoisotopic (exact) mass is 342 g/mol. The summed E-state index contributed by atoms with van der Waals surface area (Å²) in [5.74, 6) is 0.513. The predicted molar refractivity (Wildman–Crippen MR) is 91.6 cm³/mol. The van der Waals surface area contributed by atoms with Crippen LogP contribution in [0.25, 0.3) is 0 Å². The molecular weight excluding hydrogens is 324 g/mol. The summed E-state index contributed by atoms with van der Waals surface area (Å²) in [5.41, 5.74) is -0.0101. The molecular formula is C18H18N2O3S. The second-order valence-corrected chi connectivity index (χ2v) is 7.22. The van der Waals surface area contributed by atoms with Crippen LogP contribution in [0.3, 0.4) is 0 Å². The number of thiophene rings is 1. The van der Waals surface area contributed by atoms with Gasteiger partial charge in [0.2, 0.25) is 0 Å². The molecule has 0 saturated carbocycles. The van der Waals surface area contributed by atoms with E-state index in [-0.39, 0.29) is 11.8 Å². The topological polar surface area (TPSA) is 58.6 Å². The highest BCUT2D eigenvalue weighted by atomic mass is 32.1. The Morgan fingerprint density at radius 2 is 2.12 bits per heavy atom. The van der Waals surface area contributed by atoms with Crippen molar-refractivity contribution in [2.45, 2.75) is 18.4 Å². The molecule has 1 aromatic carbocycles. The molecule has 2 aromatic rings. The van der Waals surface area contributed by atoms with E-state index in [2.05, 4.69) is 5.32 Å². The van der Waals surface area contributed by atoms with Crippen LogP contribution in [0.1, 0.15) is 32.9 Å². The van der Waals surface area contributed by atoms with Gasteiger partial charge in [-0.2, -0.15) is 0 Å². The molecule has 1 spiro atoms. The normalized spacial score (nSPS) is 23.2. The molecule has 0 bridgehead atoms. The molecule has 3 heterocycles. The van der Waals surface area contributed by atoms with Crippen molar-refractivity contribution in [1.29, 1.82) is 0 Å². The number of amides is 2. The first-order valence-electron chi connectivity index (χ1n) is 8.06. The van der Waals surface area contributed by atoms with Gasteiger partial charge in [-0.15, -0.1) is 11.3 Å². The lowest BCUT2D eigenvalue weighted by atomic mass is 9.92. The van der Waals surface area contributed by atoms with E-state index in [0.717, 1.165) is 24.3 Å². The summed E-state index contributed by atoms with van der Waals surface area (Å²) in [6.07, 6.45) is 1.67. The molecule has 5 nitrogen and oxygen atoms in total. The summed E-state index contributed by atoms with van der Waals surface area (Å²) in [6, 6.07) is 11.0. The lowest BCUT2D eigenvalue weighted by Gasteiger charge is -2.41. The predicted octanol–water partition coefficient (Wildman–Crippen LogP) is 2.55. The van der Waals surface area contributed by atoms with Gasteiger partial charge in [-0.05, 0) is 36.4 Å². The first kappa shape index (κ1) is 15.2. The Labute approximate surface area is 144 Å². The van der Waals surface area contributed by atoms with Gasteiger partial charge in [-0.25, -0.2) is 0 Å². The van der Waals surface area contributed by atoms with Gasteiger partial charge in [0.05, 0.1) is 23.5 Å². The number of piperidine rings is 1. The number of para-hydroxylation sites is 1. The van der Waals surface area contributed by atoms with Gasteiger partial charge >= 0.3 is 0 Å². The van der Waals surface area contributed by atoms with E-state index >= 15 is 0 Å². The molecule has 124 valence electrons. The van der Waals surface area contributed by atoms with Crippen LogP contribution in [0, 0.1) is 0 Å². The van der Waals surface area contributed by atoms with Gasteiger partial charge in [-0.1, -0.05) is 18.2 Å². The molecule has 1 saturated heterocycles. The molecule has 2 aliphatic heterocycles. The standard InChI is InChI=1S/C18H18N2O3S/c21-16-13-5-1-2-6-14(13)23-18(11-19-16)8-4-9-20(12-18)17(22)15-7-3-10-24-15/h1-3,5-7,10H,4,8-9,11-12H2,(H,19,21). The second kappa shape index (κ2) is 5.94. The van der Waals surface area contributed by atoms with Gasteiger partial charge in [0, 0.05) is 6.54 Å². The van der Waals surface area contributed by atoms with E-state index in [1.54, 1.807) is 6.07 Å². The first-order chi connectivity index (χ1) is 11.7. The molecule has 1 fully saturated rings. The summed E-state index contributed by atoms with van der Waals surface area (Å²) >= 11 is 1.45. The first-order valence-corrected chi connectivity index (χ1v) is 8.94. The van der Waals surface area contributed by atoms with Gasteiger partial charge in [0.25, 0.3) is 11.8 Å². The number of hydrogen-bond donors (Lipinski definition) is 1. The molecule has 1 aromatic heterocycles. The Morgan fingerprint density at radius 1 is 1.25 bits per heavy atom. The zero-order chi connectivity index (χ0) is 16.6. The molecule has 6 heteroatoms. The van der Waals surface area contributed by atoms with Crippen LogP contribution in [0.4, 0.5) is 0 Å². The third-order valence-electron chi connectivity index (χ3n) is 4.59. The van der Waals surface area contributed by atoms with Crippen LogP contribution >= 0.6 is 11.3 Å². The number of nitrogens with one attached hydrogen (secondary N) is 1. The SMILES string of the molecule is O=C1NCC2(CCCN(C(=O)c3cccs3)C2)Oc2ccccc21. The Hall–Kier alpha value is -2.34. The molecule has 2 aliphatic rings. The smallest absolute Gasteiger partial charge is 0.264 e. The van der Waals surface area contributed by atoms with Crippen molar-refractivity contribution >= 4 is 23.2 Å². The zero-order valence-electron chi connectivity index (χ0n) is 13.2. The van der Waals surface area contributed by atoms with Crippen LogP contribution in [0.5, 0.6) is 5.75 Å². The van der Waals surface area contributed by atoms with Gasteiger partial charge in [0.15, 0.2) is 0 Å². The van der Waals surface area contributed by atoms with Crippen molar-refractivity contribution < 1.29 is 14.3 Å². The molecule has 1 atom stereocenters. The van der Waals surface area contributed by atoms with E-state index < -0.39 is 5.60 Å².